The summed E-state index contributed by atoms with van der Waals surface area (Å²) in [5.41, 5.74) is 0. The molecule has 0 aromatic carbocycles. The second kappa shape index (κ2) is 9.53. The summed E-state index contributed by atoms with van der Waals surface area (Å²) in [5.74, 6) is 0.247. The van der Waals surface area contributed by atoms with E-state index in [1.54, 1.807) is 7.05 Å². The number of nitrogens with one attached hydrogen (secondary N) is 1. The Morgan fingerprint density at radius 2 is 1.94 bits per heavy atom. The molecule has 0 atom stereocenters. The van der Waals surface area contributed by atoms with Crippen LogP contribution in [0.3, 0.4) is 0 Å². The Hall–Kier alpha value is -0.390. The maximum atomic E-state index is 11.9. The summed E-state index contributed by atoms with van der Waals surface area (Å²) in [6.07, 6.45) is 5.14. The van der Waals surface area contributed by atoms with Gasteiger partial charge in [-0.15, -0.1) is 6.58 Å². The molecule has 0 radical (unpaired) electrons. The van der Waals surface area contributed by atoms with Gasteiger partial charge in [-0.25, -0.2) is 12.7 Å². The van der Waals surface area contributed by atoms with E-state index in [4.69, 9.17) is 0 Å². The molecule has 108 valence electrons. The van der Waals surface area contributed by atoms with E-state index in [-0.39, 0.29) is 5.75 Å². The van der Waals surface area contributed by atoms with Gasteiger partial charge >= 0.3 is 0 Å². The van der Waals surface area contributed by atoms with Crippen molar-refractivity contribution in [1.29, 1.82) is 0 Å². The molecule has 0 bridgehead atoms. The highest BCUT2D eigenvalue weighted by atomic mass is 32.2. The van der Waals surface area contributed by atoms with E-state index < -0.39 is 10.0 Å². The molecule has 0 aliphatic carbocycles. The molecule has 0 amide bonds. The van der Waals surface area contributed by atoms with Crippen LogP contribution in [0.25, 0.3) is 0 Å². The molecule has 18 heavy (non-hydrogen) atoms. The van der Waals surface area contributed by atoms with Gasteiger partial charge in [-0.3, -0.25) is 0 Å². The summed E-state index contributed by atoms with van der Waals surface area (Å²) in [6, 6.07) is 0.461. The molecule has 0 spiro atoms. The molecule has 5 heteroatoms. The minimum Gasteiger partial charge on any atom is -0.315 e. The van der Waals surface area contributed by atoms with Crippen LogP contribution in [0.5, 0.6) is 0 Å². The molecule has 0 aliphatic rings. The van der Waals surface area contributed by atoms with E-state index in [1.807, 2.05) is 6.08 Å². The predicted octanol–water partition coefficient (Wildman–Crippen LogP) is 1.99. The van der Waals surface area contributed by atoms with Crippen molar-refractivity contribution in [2.75, 3.05) is 25.9 Å². The minimum atomic E-state index is -3.07. The fourth-order valence-electron chi connectivity index (χ4n) is 1.55. The lowest BCUT2D eigenvalue weighted by Gasteiger charge is -2.16. The zero-order valence-corrected chi connectivity index (χ0v) is 12.8. The van der Waals surface area contributed by atoms with Crippen LogP contribution in [0.15, 0.2) is 12.7 Å². The molecule has 0 saturated carbocycles. The van der Waals surface area contributed by atoms with Crippen LogP contribution in [0.1, 0.15) is 39.5 Å². The molecule has 0 aromatic heterocycles. The third-order valence-electron chi connectivity index (χ3n) is 2.74. The molecule has 0 unspecified atom stereocenters. The lowest BCUT2D eigenvalue weighted by molar-refractivity contribution is 0.460. The quantitative estimate of drug-likeness (QED) is 0.464. The molecular weight excluding hydrogens is 248 g/mol. The maximum Gasteiger partial charge on any atom is 0.213 e. The normalized spacial score (nSPS) is 12.3. The van der Waals surface area contributed by atoms with Crippen molar-refractivity contribution in [1.82, 2.24) is 9.62 Å². The Bertz CT molecular complexity index is 313. The van der Waals surface area contributed by atoms with Gasteiger partial charge in [0.05, 0.1) is 5.75 Å². The Morgan fingerprint density at radius 3 is 2.50 bits per heavy atom. The van der Waals surface area contributed by atoms with Crippen LogP contribution in [-0.4, -0.2) is 44.7 Å². The second-order valence-corrected chi connectivity index (χ2v) is 7.08. The van der Waals surface area contributed by atoms with Crippen LogP contribution in [0.2, 0.25) is 0 Å². The summed E-state index contributed by atoms with van der Waals surface area (Å²) in [7, 11) is -1.41. The molecule has 0 saturated heterocycles. The SMILES string of the molecule is C=CCCCN(C)S(=O)(=O)CCCCNC(C)C. The van der Waals surface area contributed by atoms with Crippen molar-refractivity contribution >= 4 is 10.0 Å². The van der Waals surface area contributed by atoms with Gasteiger partial charge in [-0.1, -0.05) is 19.9 Å². The van der Waals surface area contributed by atoms with E-state index in [0.29, 0.717) is 19.0 Å². The molecule has 0 rings (SSSR count). The fraction of sp³-hybridized carbons (Fsp3) is 0.846. The molecule has 4 nitrogen and oxygen atoms in total. The van der Waals surface area contributed by atoms with Crippen LogP contribution in [0.4, 0.5) is 0 Å². The predicted molar refractivity (Wildman–Crippen MR) is 78.2 cm³/mol. The summed E-state index contributed by atoms with van der Waals surface area (Å²) in [6.45, 7) is 9.27. The molecule has 0 aromatic rings. The summed E-state index contributed by atoms with van der Waals surface area (Å²) >= 11 is 0. The monoisotopic (exact) mass is 276 g/mol. The highest BCUT2D eigenvalue weighted by Crippen LogP contribution is 2.04. The van der Waals surface area contributed by atoms with E-state index in [1.165, 1.54) is 4.31 Å². The average Bonchev–Trinajstić information content (AvgIpc) is 2.28. The fourth-order valence-corrected chi connectivity index (χ4v) is 2.84. The van der Waals surface area contributed by atoms with Crippen LogP contribution < -0.4 is 5.32 Å². The van der Waals surface area contributed by atoms with E-state index in [2.05, 4.69) is 25.7 Å². The second-order valence-electron chi connectivity index (χ2n) is 4.88. The Kier molecular flexibility index (Phi) is 9.32. The average molecular weight is 276 g/mol. The van der Waals surface area contributed by atoms with Crippen LogP contribution in [0, 0.1) is 0 Å². The molecule has 0 aliphatic heterocycles. The van der Waals surface area contributed by atoms with Gasteiger partial charge in [-0.2, -0.15) is 0 Å². The lowest BCUT2D eigenvalue weighted by atomic mass is 10.3. The number of unbranched alkanes of at least 4 members (excludes halogenated alkanes) is 2. The Morgan fingerprint density at radius 1 is 1.28 bits per heavy atom. The molecule has 0 fully saturated rings. The van der Waals surface area contributed by atoms with Crippen LogP contribution in [-0.2, 0) is 10.0 Å². The number of rotatable bonds is 11. The van der Waals surface area contributed by atoms with Gasteiger partial charge in [-0.05, 0) is 32.2 Å². The van der Waals surface area contributed by atoms with Gasteiger partial charge in [0.1, 0.15) is 0 Å². The third kappa shape index (κ3) is 8.66. The number of hydrogen-bond acceptors (Lipinski definition) is 3. The summed E-state index contributed by atoms with van der Waals surface area (Å²) in [5, 5.41) is 3.28. The number of allylic oxidation sites excluding steroid dienone is 1. The maximum absolute atomic E-state index is 11.9. The number of sulfonamides is 1. The van der Waals surface area contributed by atoms with Crippen molar-refractivity contribution in [3.63, 3.8) is 0 Å². The van der Waals surface area contributed by atoms with Crippen molar-refractivity contribution in [2.45, 2.75) is 45.6 Å². The molecule has 0 heterocycles. The molecule has 1 N–H and O–H groups in total. The zero-order chi connectivity index (χ0) is 14.0. The number of hydrogen-bond donors (Lipinski definition) is 1. The molecular formula is C13H28N2O2S. The first-order valence-electron chi connectivity index (χ1n) is 6.68. The highest BCUT2D eigenvalue weighted by Gasteiger charge is 2.16. The van der Waals surface area contributed by atoms with Crippen LogP contribution >= 0.6 is 0 Å². The minimum absolute atomic E-state index is 0.247. The first kappa shape index (κ1) is 17.6. The smallest absolute Gasteiger partial charge is 0.213 e. The van der Waals surface area contributed by atoms with E-state index >= 15 is 0 Å². The van der Waals surface area contributed by atoms with Crippen molar-refractivity contribution in [3.05, 3.63) is 12.7 Å². The first-order chi connectivity index (χ1) is 8.40. The zero-order valence-electron chi connectivity index (χ0n) is 12.0. The lowest BCUT2D eigenvalue weighted by Crippen LogP contribution is -2.30. The van der Waals surface area contributed by atoms with Gasteiger partial charge < -0.3 is 5.32 Å². The van der Waals surface area contributed by atoms with Gasteiger partial charge in [0, 0.05) is 19.6 Å². The Balaban J connectivity index is 3.81. The van der Waals surface area contributed by atoms with Crippen molar-refractivity contribution in [3.8, 4) is 0 Å². The topological polar surface area (TPSA) is 49.4 Å². The summed E-state index contributed by atoms with van der Waals surface area (Å²) < 4.78 is 25.3. The van der Waals surface area contributed by atoms with Crippen molar-refractivity contribution in [2.24, 2.45) is 0 Å². The largest absolute Gasteiger partial charge is 0.315 e. The highest BCUT2D eigenvalue weighted by molar-refractivity contribution is 7.89. The number of nitrogens with zero attached hydrogens (tertiary/aromatic N) is 1. The standard InChI is InChI=1S/C13H28N2O2S/c1-5-6-8-11-15(4)18(16,17)12-9-7-10-14-13(2)3/h5,13-14H,1,6-12H2,2-4H3. The van der Waals surface area contributed by atoms with Gasteiger partial charge in [0.2, 0.25) is 10.0 Å². The van der Waals surface area contributed by atoms with E-state index in [0.717, 1.165) is 25.8 Å². The third-order valence-corrected chi connectivity index (χ3v) is 4.67. The first-order valence-corrected chi connectivity index (χ1v) is 8.29. The van der Waals surface area contributed by atoms with Gasteiger partial charge in [0.15, 0.2) is 0 Å². The Labute approximate surface area is 112 Å². The van der Waals surface area contributed by atoms with E-state index in [9.17, 15) is 8.42 Å². The summed E-state index contributed by atoms with van der Waals surface area (Å²) in [4.78, 5) is 0. The van der Waals surface area contributed by atoms with Crippen molar-refractivity contribution < 1.29 is 8.42 Å². The van der Waals surface area contributed by atoms with Gasteiger partial charge in [0.25, 0.3) is 0 Å².